The summed E-state index contributed by atoms with van der Waals surface area (Å²) in [6.07, 6.45) is 0.702. The van der Waals surface area contributed by atoms with Crippen LogP contribution in [0.5, 0.6) is 0 Å². The molecule has 0 aliphatic rings. The average Bonchev–Trinajstić information content (AvgIpc) is 2.84. The van der Waals surface area contributed by atoms with Gasteiger partial charge in [-0.3, -0.25) is 0 Å². The number of para-hydroxylation sites is 1. The van der Waals surface area contributed by atoms with Crippen LogP contribution in [0.2, 0.25) is 0 Å². The summed E-state index contributed by atoms with van der Waals surface area (Å²) in [6, 6.07) is 9.97. The second-order valence-corrected chi connectivity index (χ2v) is 6.87. The van der Waals surface area contributed by atoms with Gasteiger partial charge in [-0.05, 0) is 32.4 Å². The fourth-order valence-corrected chi connectivity index (χ4v) is 3.66. The SMILES string of the molecule is Cc1noc(C)c1S(=O)(=O)NCCCN(C)c1ccccc1. The van der Waals surface area contributed by atoms with Gasteiger partial charge in [-0.2, -0.15) is 0 Å². The zero-order valence-corrected chi connectivity index (χ0v) is 13.9. The monoisotopic (exact) mass is 323 g/mol. The van der Waals surface area contributed by atoms with E-state index in [0.29, 0.717) is 24.4 Å². The molecule has 2 rings (SSSR count). The van der Waals surface area contributed by atoms with E-state index in [9.17, 15) is 8.42 Å². The van der Waals surface area contributed by atoms with E-state index in [1.807, 2.05) is 37.4 Å². The van der Waals surface area contributed by atoms with Gasteiger partial charge < -0.3 is 9.42 Å². The first kappa shape index (κ1) is 16.5. The molecule has 7 heteroatoms. The molecule has 0 amide bonds. The fraction of sp³-hybridized carbons (Fsp3) is 0.400. The highest BCUT2D eigenvalue weighted by Gasteiger charge is 2.23. The molecule has 0 unspecified atom stereocenters. The molecule has 1 aromatic heterocycles. The van der Waals surface area contributed by atoms with Gasteiger partial charge in [0.2, 0.25) is 10.0 Å². The molecule has 0 aliphatic heterocycles. The molecule has 1 N–H and O–H groups in total. The molecule has 0 saturated heterocycles. The molecule has 0 saturated carbocycles. The lowest BCUT2D eigenvalue weighted by atomic mass is 10.3. The molecular formula is C15H21N3O3S. The van der Waals surface area contributed by atoms with Crippen LogP contribution in [0.4, 0.5) is 5.69 Å². The number of benzene rings is 1. The Balaban J connectivity index is 1.86. The van der Waals surface area contributed by atoms with Crippen LogP contribution in [0.15, 0.2) is 39.8 Å². The van der Waals surface area contributed by atoms with Crippen molar-refractivity contribution in [2.24, 2.45) is 0 Å². The van der Waals surface area contributed by atoms with E-state index < -0.39 is 10.0 Å². The van der Waals surface area contributed by atoms with Crippen molar-refractivity contribution in [3.05, 3.63) is 41.8 Å². The molecule has 2 aromatic rings. The van der Waals surface area contributed by atoms with E-state index in [0.717, 1.165) is 12.2 Å². The second-order valence-electron chi connectivity index (χ2n) is 5.16. The normalized spacial score (nSPS) is 11.6. The van der Waals surface area contributed by atoms with Crippen molar-refractivity contribution in [3.63, 3.8) is 0 Å². The van der Waals surface area contributed by atoms with E-state index in [1.54, 1.807) is 13.8 Å². The molecule has 0 bridgehead atoms. The Hall–Kier alpha value is -1.86. The standard InChI is InChI=1S/C15H21N3O3S/c1-12-15(13(2)21-17-12)22(19,20)16-10-7-11-18(3)14-8-5-4-6-9-14/h4-6,8-9,16H,7,10-11H2,1-3H3. The van der Waals surface area contributed by atoms with Gasteiger partial charge in [-0.15, -0.1) is 0 Å². The van der Waals surface area contributed by atoms with Gasteiger partial charge in [-0.1, -0.05) is 23.4 Å². The third-order valence-electron chi connectivity index (χ3n) is 3.40. The summed E-state index contributed by atoms with van der Waals surface area (Å²) in [5.41, 5.74) is 1.49. The van der Waals surface area contributed by atoms with Gasteiger partial charge in [0.15, 0.2) is 5.76 Å². The lowest BCUT2D eigenvalue weighted by Gasteiger charge is -2.19. The minimum atomic E-state index is -3.57. The number of nitrogens with one attached hydrogen (secondary N) is 1. The van der Waals surface area contributed by atoms with Gasteiger partial charge in [0.1, 0.15) is 10.6 Å². The molecule has 0 radical (unpaired) electrons. The van der Waals surface area contributed by atoms with Crippen LogP contribution >= 0.6 is 0 Å². The number of aryl methyl sites for hydroxylation is 2. The number of rotatable bonds is 7. The summed E-state index contributed by atoms with van der Waals surface area (Å²) in [5, 5.41) is 3.68. The molecule has 0 aliphatic carbocycles. The van der Waals surface area contributed by atoms with Gasteiger partial charge in [-0.25, -0.2) is 13.1 Å². The number of anilines is 1. The number of hydrogen-bond acceptors (Lipinski definition) is 5. The minimum absolute atomic E-state index is 0.143. The summed E-state index contributed by atoms with van der Waals surface area (Å²) in [6.45, 7) is 4.34. The Morgan fingerprint density at radius 2 is 1.91 bits per heavy atom. The summed E-state index contributed by atoms with van der Waals surface area (Å²) < 4.78 is 32.0. The average molecular weight is 323 g/mol. The number of sulfonamides is 1. The number of nitrogens with zero attached hydrogens (tertiary/aromatic N) is 2. The van der Waals surface area contributed by atoms with E-state index in [1.165, 1.54) is 0 Å². The highest BCUT2D eigenvalue weighted by Crippen LogP contribution is 2.18. The Labute approximate surface area is 131 Å². The second kappa shape index (κ2) is 6.93. The van der Waals surface area contributed by atoms with Gasteiger partial charge in [0.25, 0.3) is 0 Å². The molecule has 0 atom stereocenters. The van der Waals surface area contributed by atoms with Crippen molar-refractivity contribution < 1.29 is 12.9 Å². The van der Waals surface area contributed by atoms with Crippen LogP contribution in [0.3, 0.4) is 0 Å². The van der Waals surface area contributed by atoms with E-state index in [4.69, 9.17) is 4.52 Å². The fourth-order valence-electron chi connectivity index (χ4n) is 2.26. The van der Waals surface area contributed by atoms with Crippen molar-refractivity contribution in [1.82, 2.24) is 9.88 Å². The van der Waals surface area contributed by atoms with E-state index in [2.05, 4.69) is 14.8 Å². The zero-order chi connectivity index (χ0) is 16.2. The smallest absolute Gasteiger partial charge is 0.245 e. The maximum absolute atomic E-state index is 12.2. The first-order valence-corrected chi connectivity index (χ1v) is 8.59. The van der Waals surface area contributed by atoms with Gasteiger partial charge in [0.05, 0.1) is 0 Å². The van der Waals surface area contributed by atoms with Crippen molar-refractivity contribution in [3.8, 4) is 0 Å². The van der Waals surface area contributed by atoms with Crippen molar-refractivity contribution in [2.75, 3.05) is 25.0 Å². The molecule has 1 aromatic carbocycles. The predicted molar refractivity (Wildman–Crippen MR) is 85.5 cm³/mol. The van der Waals surface area contributed by atoms with E-state index >= 15 is 0 Å². The lowest BCUT2D eigenvalue weighted by Crippen LogP contribution is -2.28. The Morgan fingerprint density at radius 3 is 2.50 bits per heavy atom. The van der Waals surface area contributed by atoms with Crippen LogP contribution in [-0.4, -0.2) is 33.7 Å². The van der Waals surface area contributed by atoms with Crippen molar-refractivity contribution >= 4 is 15.7 Å². The largest absolute Gasteiger partial charge is 0.375 e. The summed E-state index contributed by atoms with van der Waals surface area (Å²) in [4.78, 5) is 2.23. The maximum Gasteiger partial charge on any atom is 0.245 e. The van der Waals surface area contributed by atoms with E-state index in [-0.39, 0.29) is 4.90 Å². The third-order valence-corrected chi connectivity index (χ3v) is 5.10. The topological polar surface area (TPSA) is 75.4 Å². The molecular weight excluding hydrogens is 302 g/mol. The molecule has 120 valence electrons. The third kappa shape index (κ3) is 3.86. The Bertz CT molecular complexity index is 691. The first-order chi connectivity index (χ1) is 10.4. The highest BCUT2D eigenvalue weighted by atomic mass is 32.2. The molecule has 22 heavy (non-hydrogen) atoms. The Kier molecular flexibility index (Phi) is 5.20. The molecule has 1 heterocycles. The summed E-state index contributed by atoms with van der Waals surface area (Å²) >= 11 is 0. The van der Waals surface area contributed by atoms with Crippen LogP contribution in [0, 0.1) is 13.8 Å². The van der Waals surface area contributed by atoms with Crippen molar-refractivity contribution in [2.45, 2.75) is 25.2 Å². The predicted octanol–water partition coefficient (Wildman–Crippen LogP) is 2.10. The minimum Gasteiger partial charge on any atom is -0.375 e. The van der Waals surface area contributed by atoms with Gasteiger partial charge in [0, 0.05) is 25.8 Å². The van der Waals surface area contributed by atoms with Gasteiger partial charge >= 0.3 is 0 Å². The van der Waals surface area contributed by atoms with Crippen molar-refractivity contribution in [1.29, 1.82) is 0 Å². The zero-order valence-electron chi connectivity index (χ0n) is 13.0. The van der Waals surface area contributed by atoms with Crippen LogP contribution in [0.1, 0.15) is 17.9 Å². The summed E-state index contributed by atoms with van der Waals surface area (Å²) in [7, 11) is -1.58. The first-order valence-electron chi connectivity index (χ1n) is 7.10. The van der Waals surface area contributed by atoms with Crippen LogP contribution in [-0.2, 0) is 10.0 Å². The number of aromatic nitrogens is 1. The number of hydrogen-bond donors (Lipinski definition) is 1. The van der Waals surface area contributed by atoms with Crippen LogP contribution < -0.4 is 9.62 Å². The summed E-state index contributed by atoms with van der Waals surface area (Å²) in [5.74, 6) is 0.311. The molecule has 6 nitrogen and oxygen atoms in total. The quantitative estimate of drug-likeness (QED) is 0.790. The highest BCUT2D eigenvalue weighted by molar-refractivity contribution is 7.89. The van der Waals surface area contributed by atoms with Crippen LogP contribution in [0.25, 0.3) is 0 Å². The molecule has 0 fully saturated rings. The maximum atomic E-state index is 12.2. The molecule has 0 spiro atoms. The lowest BCUT2D eigenvalue weighted by molar-refractivity contribution is 0.390. The Morgan fingerprint density at radius 1 is 1.23 bits per heavy atom.